The first-order valence-corrected chi connectivity index (χ1v) is 11.5. The number of nitrogens with zero attached hydrogens (tertiary/aromatic N) is 3. The summed E-state index contributed by atoms with van der Waals surface area (Å²) >= 11 is 1.16. The Morgan fingerprint density at radius 2 is 1.69 bits per heavy atom. The van der Waals surface area contributed by atoms with E-state index in [1.54, 1.807) is 58.5 Å². The first-order chi connectivity index (χ1) is 13.8. The smallest absolute Gasteiger partial charge is 0.409 e. The largest absolute Gasteiger partial charge is 0.450 e. The number of ether oxygens (including phenoxy) is 1. The van der Waals surface area contributed by atoms with E-state index in [-0.39, 0.29) is 16.2 Å². The van der Waals surface area contributed by atoms with Gasteiger partial charge in [-0.3, -0.25) is 9.10 Å². The number of piperazine rings is 1. The number of thiophene rings is 1. The van der Waals surface area contributed by atoms with E-state index in [1.165, 1.54) is 11.4 Å². The standard InChI is InChI=1S/C19H23N3O5S2/c1-3-27-19(24)22-12-10-21(11-13-22)18(23)15-6-8-16(9-7-15)20(2)29(25,26)17-5-4-14-28-17/h4-9,14H,3,10-13H2,1-2H3. The Balaban J connectivity index is 1.65. The van der Waals surface area contributed by atoms with E-state index in [0.29, 0.717) is 44.0 Å². The van der Waals surface area contributed by atoms with Crippen LogP contribution in [0, 0.1) is 0 Å². The van der Waals surface area contributed by atoms with Crippen molar-refractivity contribution in [2.45, 2.75) is 11.1 Å². The lowest BCUT2D eigenvalue weighted by atomic mass is 10.1. The van der Waals surface area contributed by atoms with Gasteiger partial charge in [0.15, 0.2) is 0 Å². The predicted octanol–water partition coefficient (Wildman–Crippen LogP) is 2.49. The quantitative estimate of drug-likeness (QED) is 0.717. The van der Waals surface area contributed by atoms with Crippen LogP contribution < -0.4 is 4.31 Å². The maximum atomic E-state index is 12.7. The van der Waals surface area contributed by atoms with Crippen molar-refractivity contribution in [3.05, 3.63) is 47.3 Å². The van der Waals surface area contributed by atoms with Crippen molar-refractivity contribution in [2.24, 2.45) is 0 Å². The molecule has 1 aromatic carbocycles. The molecular formula is C19H23N3O5S2. The Hall–Kier alpha value is -2.59. The highest BCUT2D eigenvalue weighted by atomic mass is 32.2. The molecule has 1 aliphatic rings. The summed E-state index contributed by atoms with van der Waals surface area (Å²) in [5.74, 6) is -0.149. The summed E-state index contributed by atoms with van der Waals surface area (Å²) in [5, 5.41) is 1.71. The van der Waals surface area contributed by atoms with Gasteiger partial charge < -0.3 is 14.5 Å². The molecule has 0 atom stereocenters. The van der Waals surface area contributed by atoms with E-state index < -0.39 is 10.0 Å². The lowest BCUT2D eigenvalue weighted by molar-refractivity contribution is 0.0570. The fourth-order valence-corrected chi connectivity index (χ4v) is 5.34. The molecule has 0 radical (unpaired) electrons. The van der Waals surface area contributed by atoms with E-state index in [2.05, 4.69) is 0 Å². The molecule has 1 saturated heterocycles. The van der Waals surface area contributed by atoms with Crippen LogP contribution >= 0.6 is 11.3 Å². The summed E-state index contributed by atoms with van der Waals surface area (Å²) in [7, 11) is -2.13. The zero-order chi connectivity index (χ0) is 21.0. The minimum atomic E-state index is -3.61. The third-order valence-corrected chi connectivity index (χ3v) is 7.84. The fourth-order valence-electron chi connectivity index (χ4n) is 2.99. The van der Waals surface area contributed by atoms with Crippen LogP contribution in [0.4, 0.5) is 10.5 Å². The number of rotatable bonds is 5. The van der Waals surface area contributed by atoms with Crippen molar-refractivity contribution >= 4 is 39.0 Å². The van der Waals surface area contributed by atoms with Crippen molar-refractivity contribution in [2.75, 3.05) is 44.1 Å². The molecule has 10 heteroatoms. The number of hydrogen-bond acceptors (Lipinski definition) is 6. The van der Waals surface area contributed by atoms with E-state index in [9.17, 15) is 18.0 Å². The number of benzene rings is 1. The van der Waals surface area contributed by atoms with Gasteiger partial charge in [-0.15, -0.1) is 11.3 Å². The Labute approximate surface area is 174 Å². The Morgan fingerprint density at radius 1 is 1.07 bits per heavy atom. The van der Waals surface area contributed by atoms with Crippen molar-refractivity contribution in [1.29, 1.82) is 0 Å². The number of sulfonamides is 1. The molecule has 29 heavy (non-hydrogen) atoms. The SMILES string of the molecule is CCOC(=O)N1CCN(C(=O)c2ccc(N(C)S(=O)(=O)c3cccs3)cc2)CC1. The lowest BCUT2D eigenvalue weighted by Gasteiger charge is -2.34. The molecule has 0 aliphatic carbocycles. The molecule has 0 N–H and O–H groups in total. The highest BCUT2D eigenvalue weighted by Gasteiger charge is 2.26. The van der Waals surface area contributed by atoms with E-state index >= 15 is 0 Å². The molecule has 2 heterocycles. The van der Waals surface area contributed by atoms with Gasteiger partial charge in [0.2, 0.25) is 0 Å². The molecule has 0 saturated carbocycles. The minimum absolute atomic E-state index is 0.149. The monoisotopic (exact) mass is 437 g/mol. The van der Waals surface area contributed by atoms with Gasteiger partial charge in [0.05, 0.1) is 12.3 Å². The van der Waals surface area contributed by atoms with E-state index in [1.807, 2.05) is 0 Å². The number of amides is 2. The third kappa shape index (κ3) is 4.54. The first kappa shape index (κ1) is 21.1. The molecule has 2 aromatic rings. The lowest BCUT2D eigenvalue weighted by Crippen LogP contribution is -2.50. The average Bonchev–Trinajstić information content (AvgIpc) is 3.29. The van der Waals surface area contributed by atoms with Gasteiger partial charge in [-0.25, -0.2) is 13.2 Å². The van der Waals surface area contributed by atoms with Crippen LogP contribution in [-0.4, -0.2) is 70.1 Å². The molecule has 0 spiro atoms. The number of carbonyl (C=O) groups excluding carboxylic acids is 2. The number of hydrogen-bond donors (Lipinski definition) is 0. The fraction of sp³-hybridized carbons (Fsp3) is 0.368. The Kier molecular flexibility index (Phi) is 6.43. The topological polar surface area (TPSA) is 87.2 Å². The van der Waals surface area contributed by atoms with Gasteiger partial charge in [0.25, 0.3) is 15.9 Å². The summed E-state index contributed by atoms with van der Waals surface area (Å²) in [5.41, 5.74) is 0.947. The molecule has 8 nitrogen and oxygen atoms in total. The van der Waals surface area contributed by atoms with Crippen LogP contribution in [0.1, 0.15) is 17.3 Å². The zero-order valence-electron chi connectivity index (χ0n) is 16.3. The van der Waals surface area contributed by atoms with Crippen LogP contribution in [0.25, 0.3) is 0 Å². The van der Waals surface area contributed by atoms with Crippen molar-refractivity contribution in [3.63, 3.8) is 0 Å². The highest BCUT2D eigenvalue weighted by molar-refractivity contribution is 7.94. The molecule has 3 rings (SSSR count). The van der Waals surface area contributed by atoms with Crippen LogP contribution in [0.3, 0.4) is 0 Å². The third-order valence-electron chi connectivity index (χ3n) is 4.68. The second-order valence-corrected chi connectivity index (χ2v) is 9.57. The molecule has 156 valence electrons. The maximum absolute atomic E-state index is 12.7. The Morgan fingerprint density at radius 3 is 2.24 bits per heavy atom. The summed E-state index contributed by atoms with van der Waals surface area (Å²) in [6.45, 7) is 3.76. The second-order valence-electron chi connectivity index (χ2n) is 6.43. The zero-order valence-corrected chi connectivity index (χ0v) is 17.9. The molecule has 1 aliphatic heterocycles. The minimum Gasteiger partial charge on any atom is -0.450 e. The number of anilines is 1. The van der Waals surface area contributed by atoms with Gasteiger partial charge in [-0.1, -0.05) is 6.07 Å². The summed E-state index contributed by atoms with van der Waals surface area (Å²) in [4.78, 5) is 27.7. The second kappa shape index (κ2) is 8.83. The van der Waals surface area contributed by atoms with Crippen molar-refractivity contribution < 1.29 is 22.7 Å². The van der Waals surface area contributed by atoms with Gasteiger partial charge >= 0.3 is 6.09 Å². The molecule has 2 amide bonds. The molecule has 1 aromatic heterocycles. The normalized spacial score (nSPS) is 14.6. The van der Waals surface area contributed by atoms with Gasteiger partial charge in [-0.2, -0.15) is 0 Å². The number of carbonyl (C=O) groups is 2. The van der Waals surface area contributed by atoms with Crippen molar-refractivity contribution in [3.8, 4) is 0 Å². The molecular weight excluding hydrogens is 414 g/mol. The highest BCUT2D eigenvalue weighted by Crippen LogP contribution is 2.25. The molecule has 0 unspecified atom stereocenters. The van der Waals surface area contributed by atoms with Crippen LogP contribution in [0.5, 0.6) is 0 Å². The first-order valence-electron chi connectivity index (χ1n) is 9.18. The van der Waals surface area contributed by atoms with Crippen LogP contribution in [0.2, 0.25) is 0 Å². The van der Waals surface area contributed by atoms with Crippen LogP contribution in [-0.2, 0) is 14.8 Å². The van der Waals surface area contributed by atoms with Crippen LogP contribution in [0.15, 0.2) is 46.0 Å². The van der Waals surface area contributed by atoms with E-state index in [4.69, 9.17) is 4.74 Å². The predicted molar refractivity (Wildman–Crippen MR) is 111 cm³/mol. The molecule has 0 bridgehead atoms. The average molecular weight is 438 g/mol. The summed E-state index contributed by atoms with van der Waals surface area (Å²) in [6, 6.07) is 9.73. The molecule has 1 fully saturated rings. The van der Waals surface area contributed by atoms with Crippen molar-refractivity contribution in [1.82, 2.24) is 9.80 Å². The van der Waals surface area contributed by atoms with Gasteiger partial charge in [0.1, 0.15) is 4.21 Å². The maximum Gasteiger partial charge on any atom is 0.409 e. The van der Waals surface area contributed by atoms with Gasteiger partial charge in [-0.05, 0) is 42.6 Å². The van der Waals surface area contributed by atoms with Gasteiger partial charge in [0, 0.05) is 38.8 Å². The summed E-state index contributed by atoms with van der Waals surface area (Å²) < 4.78 is 31.7. The summed E-state index contributed by atoms with van der Waals surface area (Å²) in [6.07, 6.45) is -0.362. The van der Waals surface area contributed by atoms with E-state index in [0.717, 1.165) is 11.3 Å². The Bertz CT molecular complexity index is 950.